The first-order valence-corrected chi connectivity index (χ1v) is 14.4. The topological polar surface area (TPSA) is 50.1 Å². The predicted molar refractivity (Wildman–Crippen MR) is 120 cm³/mol. The molecule has 0 spiro atoms. The highest BCUT2D eigenvalue weighted by Crippen LogP contribution is 2.54. The zero-order valence-electron chi connectivity index (χ0n) is 19.6. The Morgan fingerprint density at radius 3 is 1.16 bits per heavy atom. The van der Waals surface area contributed by atoms with Gasteiger partial charge in [-0.2, -0.15) is 0 Å². The first-order chi connectivity index (χ1) is 15.8. The number of epoxide rings is 4. The molecule has 0 aromatic rings. The van der Waals surface area contributed by atoms with Crippen LogP contribution in [0.5, 0.6) is 0 Å². The molecular weight excluding hydrogens is 400 g/mol. The molecule has 0 amide bonds. The number of ether oxygens (including phenoxy) is 4. The van der Waals surface area contributed by atoms with Crippen molar-refractivity contribution in [3.05, 3.63) is 0 Å². The molecule has 8 fully saturated rings. The van der Waals surface area contributed by atoms with E-state index in [-0.39, 0.29) is 0 Å². The van der Waals surface area contributed by atoms with E-state index in [1.54, 1.807) is 0 Å². The Balaban J connectivity index is 1.05. The molecule has 14 atom stereocenters. The molecule has 4 saturated heterocycles. The van der Waals surface area contributed by atoms with E-state index in [4.69, 9.17) is 18.9 Å². The van der Waals surface area contributed by atoms with Crippen LogP contribution < -0.4 is 0 Å². The molecule has 0 aromatic carbocycles. The van der Waals surface area contributed by atoms with Gasteiger partial charge in [0, 0.05) is 0 Å². The minimum Gasteiger partial charge on any atom is -0.370 e. The van der Waals surface area contributed by atoms with Crippen molar-refractivity contribution in [3.8, 4) is 0 Å². The van der Waals surface area contributed by atoms with Crippen LogP contribution in [0.1, 0.15) is 89.9 Å². The molecule has 4 aliphatic heterocycles. The van der Waals surface area contributed by atoms with E-state index in [1.165, 1.54) is 89.9 Å². The lowest BCUT2D eigenvalue weighted by Gasteiger charge is -2.43. The Kier molecular flexibility index (Phi) is 4.81. The number of hydrogen-bond acceptors (Lipinski definition) is 4. The van der Waals surface area contributed by atoms with Crippen LogP contribution in [0.4, 0.5) is 0 Å². The van der Waals surface area contributed by atoms with Crippen molar-refractivity contribution >= 4 is 0 Å². The maximum Gasteiger partial charge on any atom is 0.0844 e. The Bertz CT molecular complexity index is 666. The third-order valence-electron chi connectivity index (χ3n) is 11.3. The van der Waals surface area contributed by atoms with E-state index < -0.39 is 0 Å². The minimum absolute atomic E-state index is 0.609. The van der Waals surface area contributed by atoms with Crippen LogP contribution in [0.3, 0.4) is 0 Å². The van der Waals surface area contributed by atoms with Gasteiger partial charge in [0.15, 0.2) is 0 Å². The first-order valence-electron chi connectivity index (χ1n) is 14.4. The summed E-state index contributed by atoms with van der Waals surface area (Å²) in [5.74, 6) is 5.40. The summed E-state index contributed by atoms with van der Waals surface area (Å²) in [5, 5.41) is 0. The molecule has 4 saturated carbocycles. The molecule has 0 radical (unpaired) electrons. The second kappa shape index (κ2) is 7.67. The molecule has 4 heterocycles. The molecule has 8 rings (SSSR count). The first kappa shape index (κ1) is 20.1. The lowest BCUT2D eigenvalue weighted by molar-refractivity contribution is 0.0652. The second-order valence-corrected chi connectivity index (χ2v) is 13.2. The fourth-order valence-electron chi connectivity index (χ4n) is 9.25. The summed E-state index contributed by atoms with van der Waals surface area (Å²) in [6.07, 6.45) is 24.3. The summed E-state index contributed by atoms with van der Waals surface area (Å²) in [6.45, 7) is 0. The van der Waals surface area contributed by atoms with Crippen molar-refractivity contribution in [2.45, 2.75) is 139 Å². The van der Waals surface area contributed by atoms with Crippen molar-refractivity contribution in [2.75, 3.05) is 0 Å². The van der Waals surface area contributed by atoms with Crippen molar-refractivity contribution in [1.29, 1.82) is 0 Å². The molecule has 14 unspecified atom stereocenters. The van der Waals surface area contributed by atoms with E-state index in [0.29, 0.717) is 48.8 Å². The highest BCUT2D eigenvalue weighted by atomic mass is 16.6. The van der Waals surface area contributed by atoms with Crippen LogP contribution in [0.2, 0.25) is 0 Å². The van der Waals surface area contributed by atoms with Gasteiger partial charge in [0.05, 0.1) is 48.8 Å². The molecular formula is C28H42O4. The van der Waals surface area contributed by atoms with Crippen LogP contribution in [0.25, 0.3) is 0 Å². The zero-order chi connectivity index (χ0) is 20.8. The minimum atomic E-state index is 0.609. The summed E-state index contributed by atoms with van der Waals surface area (Å²) in [7, 11) is 0. The molecule has 0 aromatic heterocycles. The lowest BCUT2D eigenvalue weighted by Crippen LogP contribution is -2.37. The number of rotatable bonds is 7. The molecule has 4 aliphatic carbocycles. The molecule has 0 bridgehead atoms. The molecule has 8 aliphatic rings. The molecule has 178 valence electrons. The lowest BCUT2D eigenvalue weighted by atomic mass is 9.61. The molecule has 0 N–H and O–H groups in total. The summed E-state index contributed by atoms with van der Waals surface area (Å²) in [6, 6.07) is 0. The van der Waals surface area contributed by atoms with Gasteiger partial charge >= 0.3 is 0 Å². The van der Waals surface area contributed by atoms with Crippen LogP contribution in [-0.4, -0.2) is 48.8 Å². The monoisotopic (exact) mass is 442 g/mol. The summed E-state index contributed by atoms with van der Waals surface area (Å²) < 4.78 is 24.0. The maximum atomic E-state index is 6.03. The SMILES string of the molecule is C1CC2OC2CC1CC(C1CCC2OC2C1)C(CC1CCC2OC2C1)C1CCC2OC2C1. The van der Waals surface area contributed by atoms with Gasteiger partial charge in [0.1, 0.15) is 0 Å². The van der Waals surface area contributed by atoms with Crippen LogP contribution in [-0.2, 0) is 18.9 Å². The Hall–Kier alpha value is -0.160. The van der Waals surface area contributed by atoms with E-state index in [9.17, 15) is 0 Å². The third kappa shape index (κ3) is 3.89. The molecule has 4 heteroatoms. The van der Waals surface area contributed by atoms with E-state index >= 15 is 0 Å². The Labute approximate surface area is 193 Å². The van der Waals surface area contributed by atoms with Crippen molar-refractivity contribution in [3.63, 3.8) is 0 Å². The highest BCUT2D eigenvalue weighted by molar-refractivity contribution is 5.01. The van der Waals surface area contributed by atoms with Crippen LogP contribution in [0.15, 0.2) is 0 Å². The van der Waals surface area contributed by atoms with E-state index in [2.05, 4.69) is 0 Å². The Morgan fingerprint density at radius 2 is 0.781 bits per heavy atom. The number of fused-ring (bicyclic) bond motifs is 4. The van der Waals surface area contributed by atoms with Gasteiger partial charge in [0.25, 0.3) is 0 Å². The van der Waals surface area contributed by atoms with Gasteiger partial charge in [-0.05, 0) is 125 Å². The predicted octanol–water partition coefficient (Wildman–Crippen LogP) is 5.27. The summed E-state index contributed by atoms with van der Waals surface area (Å²) in [4.78, 5) is 0. The second-order valence-electron chi connectivity index (χ2n) is 13.2. The quantitative estimate of drug-likeness (QED) is 0.504. The average molecular weight is 443 g/mol. The smallest absolute Gasteiger partial charge is 0.0844 e. The van der Waals surface area contributed by atoms with Gasteiger partial charge < -0.3 is 18.9 Å². The zero-order valence-corrected chi connectivity index (χ0v) is 19.6. The van der Waals surface area contributed by atoms with Crippen molar-refractivity contribution in [1.82, 2.24) is 0 Å². The van der Waals surface area contributed by atoms with Crippen molar-refractivity contribution < 1.29 is 18.9 Å². The van der Waals surface area contributed by atoms with Crippen LogP contribution in [0, 0.1) is 35.5 Å². The van der Waals surface area contributed by atoms with Gasteiger partial charge in [-0.15, -0.1) is 0 Å². The third-order valence-corrected chi connectivity index (χ3v) is 11.3. The largest absolute Gasteiger partial charge is 0.370 e. The fraction of sp³-hybridized carbons (Fsp3) is 1.00. The van der Waals surface area contributed by atoms with Crippen LogP contribution >= 0.6 is 0 Å². The molecule has 32 heavy (non-hydrogen) atoms. The van der Waals surface area contributed by atoms with Gasteiger partial charge in [-0.1, -0.05) is 0 Å². The highest BCUT2D eigenvalue weighted by Gasteiger charge is 2.53. The Morgan fingerprint density at radius 1 is 0.406 bits per heavy atom. The summed E-state index contributed by atoms with van der Waals surface area (Å²) >= 11 is 0. The van der Waals surface area contributed by atoms with Gasteiger partial charge in [-0.3, -0.25) is 0 Å². The van der Waals surface area contributed by atoms with E-state index in [0.717, 1.165) is 35.5 Å². The maximum absolute atomic E-state index is 6.03. The molecule has 4 nitrogen and oxygen atoms in total. The average Bonchev–Trinajstić information content (AvgIpc) is 3.65. The van der Waals surface area contributed by atoms with Gasteiger partial charge in [-0.25, -0.2) is 0 Å². The number of hydrogen-bond donors (Lipinski definition) is 0. The van der Waals surface area contributed by atoms with Crippen molar-refractivity contribution in [2.24, 2.45) is 35.5 Å². The standard InChI is InChI=1S/C28H42O4/c1-5-21-25(29-21)11-15(1)9-19(17-3-7-23-27(13-17)31-23)20(18-4-8-24-28(14-18)32-24)10-16-2-6-22-26(12-16)30-22/h15-28H,1-14H2. The normalized spacial score (nSPS) is 56.6. The fourth-order valence-corrected chi connectivity index (χ4v) is 9.25. The summed E-state index contributed by atoms with van der Waals surface area (Å²) in [5.41, 5.74) is 0. The van der Waals surface area contributed by atoms with Gasteiger partial charge in [0.2, 0.25) is 0 Å². The van der Waals surface area contributed by atoms with E-state index in [1.807, 2.05) is 0 Å².